The number of benzene rings is 1. The zero-order valence-electron chi connectivity index (χ0n) is 17.8. The number of carbonyl (C=O) groups is 1. The van der Waals surface area contributed by atoms with Crippen LogP contribution in [0.2, 0.25) is 0 Å². The number of nitrogens with one attached hydrogen (secondary N) is 1. The molecule has 1 N–H and O–H groups in total. The maximum absolute atomic E-state index is 13.1. The van der Waals surface area contributed by atoms with Gasteiger partial charge in [-0.15, -0.1) is 0 Å². The van der Waals surface area contributed by atoms with Crippen molar-refractivity contribution < 1.29 is 17.9 Å². The summed E-state index contributed by atoms with van der Waals surface area (Å²) in [7, 11) is -3.65. The maximum Gasteiger partial charge on any atom is 0.251 e. The van der Waals surface area contributed by atoms with E-state index in [-0.39, 0.29) is 27.7 Å². The number of hydrogen-bond donors (Lipinski definition) is 1. The number of morpholine rings is 1. The smallest absolute Gasteiger partial charge is 0.251 e. The molecular weight excluding hydrogens is 388 g/mol. The Morgan fingerprint density at radius 1 is 1.21 bits per heavy atom. The van der Waals surface area contributed by atoms with E-state index in [1.54, 1.807) is 19.1 Å². The largest absolute Gasteiger partial charge is 0.379 e. The highest BCUT2D eigenvalue weighted by Crippen LogP contribution is 2.62. The zero-order chi connectivity index (χ0) is 21.0. The standard InChI is InChI=1S/C22H32N2O4S/c1-15-5-6-16(13-18(15)29(26,27)24-9-11-28-12-10-24)19(25)23-20-21(2,3)17-7-8-22(20,4)14-17/h5-6,13,17,20H,7-12,14H2,1-4H3,(H,23,25)/t17-,20+,22+/m0/s1. The first-order chi connectivity index (χ1) is 13.6. The minimum Gasteiger partial charge on any atom is -0.379 e. The number of aryl methyl sites for hydroxylation is 1. The molecule has 3 aliphatic rings. The van der Waals surface area contributed by atoms with E-state index in [2.05, 4.69) is 26.1 Å². The van der Waals surface area contributed by atoms with Gasteiger partial charge in [-0.1, -0.05) is 26.8 Å². The lowest BCUT2D eigenvalue weighted by Crippen LogP contribution is -2.52. The second-order valence-corrected chi connectivity index (χ2v) is 11.7. The summed E-state index contributed by atoms with van der Waals surface area (Å²) >= 11 is 0. The monoisotopic (exact) mass is 420 g/mol. The third-order valence-corrected chi connectivity index (χ3v) is 9.62. The molecule has 3 atom stereocenters. The van der Waals surface area contributed by atoms with Crippen molar-refractivity contribution in [3.63, 3.8) is 0 Å². The summed E-state index contributed by atoms with van der Waals surface area (Å²) in [5.41, 5.74) is 1.23. The molecule has 0 spiro atoms. The van der Waals surface area contributed by atoms with Crippen LogP contribution in [0.4, 0.5) is 0 Å². The molecule has 2 saturated carbocycles. The van der Waals surface area contributed by atoms with Crippen LogP contribution >= 0.6 is 0 Å². The maximum atomic E-state index is 13.1. The molecule has 6 nitrogen and oxygen atoms in total. The summed E-state index contributed by atoms with van der Waals surface area (Å²) in [6.45, 7) is 10.0. The normalized spacial score (nSPS) is 31.7. The van der Waals surface area contributed by atoms with Crippen LogP contribution in [0, 0.1) is 23.7 Å². The average molecular weight is 421 g/mol. The van der Waals surface area contributed by atoms with Gasteiger partial charge in [0.15, 0.2) is 0 Å². The summed E-state index contributed by atoms with van der Waals surface area (Å²) in [6.07, 6.45) is 3.51. The zero-order valence-corrected chi connectivity index (χ0v) is 18.6. The molecule has 3 fully saturated rings. The van der Waals surface area contributed by atoms with Gasteiger partial charge in [-0.25, -0.2) is 8.42 Å². The summed E-state index contributed by atoms with van der Waals surface area (Å²) in [4.78, 5) is 13.3. The lowest BCUT2D eigenvalue weighted by atomic mass is 9.68. The van der Waals surface area contributed by atoms with E-state index in [4.69, 9.17) is 4.74 Å². The van der Waals surface area contributed by atoms with Crippen molar-refractivity contribution in [2.24, 2.45) is 16.7 Å². The van der Waals surface area contributed by atoms with E-state index in [1.807, 2.05) is 0 Å². The second kappa shape index (κ2) is 7.06. The number of sulfonamides is 1. The van der Waals surface area contributed by atoms with E-state index in [9.17, 15) is 13.2 Å². The van der Waals surface area contributed by atoms with E-state index < -0.39 is 10.0 Å². The molecule has 1 aromatic rings. The van der Waals surface area contributed by atoms with E-state index >= 15 is 0 Å². The Kier molecular flexibility index (Phi) is 5.07. The molecule has 7 heteroatoms. The van der Waals surface area contributed by atoms with Crippen LogP contribution in [-0.4, -0.2) is 51.0 Å². The van der Waals surface area contributed by atoms with Crippen molar-refractivity contribution in [1.82, 2.24) is 9.62 Å². The fourth-order valence-corrected chi connectivity index (χ4v) is 7.48. The molecular formula is C22H32N2O4S. The van der Waals surface area contributed by atoms with Crippen molar-refractivity contribution in [2.75, 3.05) is 26.3 Å². The third-order valence-electron chi connectivity index (χ3n) is 7.58. The highest BCUT2D eigenvalue weighted by molar-refractivity contribution is 7.89. The van der Waals surface area contributed by atoms with Gasteiger partial charge < -0.3 is 10.1 Å². The summed E-state index contributed by atoms with van der Waals surface area (Å²) in [6, 6.07) is 5.10. The van der Waals surface area contributed by atoms with Crippen molar-refractivity contribution in [3.05, 3.63) is 29.3 Å². The first-order valence-electron chi connectivity index (χ1n) is 10.6. The van der Waals surface area contributed by atoms with Crippen LogP contribution in [0.15, 0.2) is 23.1 Å². The molecule has 0 unspecified atom stereocenters. The molecule has 1 amide bonds. The predicted octanol–water partition coefficient (Wildman–Crippen LogP) is 2.96. The summed E-state index contributed by atoms with van der Waals surface area (Å²) in [5.74, 6) is 0.448. The van der Waals surface area contributed by atoms with Gasteiger partial charge in [-0.2, -0.15) is 4.31 Å². The number of ether oxygens (including phenoxy) is 1. The molecule has 1 aliphatic heterocycles. The van der Waals surface area contributed by atoms with E-state index in [1.165, 1.54) is 16.8 Å². The van der Waals surface area contributed by atoms with Gasteiger partial charge in [-0.05, 0) is 60.6 Å². The van der Waals surface area contributed by atoms with Gasteiger partial charge in [0.25, 0.3) is 5.91 Å². The third kappa shape index (κ3) is 3.41. The van der Waals surface area contributed by atoms with E-state index in [0.29, 0.717) is 43.3 Å². The lowest BCUT2D eigenvalue weighted by Gasteiger charge is -2.43. The molecule has 0 radical (unpaired) electrons. The van der Waals surface area contributed by atoms with Crippen molar-refractivity contribution in [2.45, 2.75) is 57.9 Å². The summed E-state index contributed by atoms with van der Waals surface area (Å²) < 4.78 is 33.0. The quantitative estimate of drug-likeness (QED) is 0.813. The lowest BCUT2D eigenvalue weighted by molar-refractivity contribution is 0.0728. The highest BCUT2D eigenvalue weighted by Gasteiger charge is 2.59. The Balaban J connectivity index is 1.60. The van der Waals surface area contributed by atoms with Gasteiger partial charge in [0.1, 0.15) is 0 Å². The van der Waals surface area contributed by atoms with Crippen LogP contribution in [0.3, 0.4) is 0 Å². The molecule has 1 aromatic carbocycles. The molecule has 0 aromatic heterocycles. The Labute approximate surface area is 174 Å². The minimum absolute atomic E-state index is 0.0517. The molecule has 4 rings (SSSR count). The molecule has 29 heavy (non-hydrogen) atoms. The van der Waals surface area contributed by atoms with Crippen LogP contribution in [0.1, 0.15) is 56.0 Å². The number of carbonyl (C=O) groups excluding carboxylic acids is 1. The Morgan fingerprint density at radius 2 is 1.90 bits per heavy atom. The number of rotatable bonds is 4. The van der Waals surface area contributed by atoms with Gasteiger partial charge >= 0.3 is 0 Å². The van der Waals surface area contributed by atoms with Gasteiger partial charge in [0.05, 0.1) is 18.1 Å². The minimum atomic E-state index is -3.65. The average Bonchev–Trinajstić information content (AvgIpc) is 3.17. The van der Waals surface area contributed by atoms with Crippen LogP contribution in [0.5, 0.6) is 0 Å². The number of nitrogens with zero attached hydrogens (tertiary/aromatic N) is 1. The Hall–Kier alpha value is -1.44. The van der Waals surface area contributed by atoms with Crippen molar-refractivity contribution >= 4 is 15.9 Å². The number of fused-ring (bicyclic) bond motifs is 2. The summed E-state index contributed by atoms with van der Waals surface area (Å²) in [5, 5.41) is 3.27. The molecule has 160 valence electrons. The molecule has 1 saturated heterocycles. The van der Waals surface area contributed by atoms with Crippen molar-refractivity contribution in [3.8, 4) is 0 Å². The molecule has 2 aliphatic carbocycles. The number of hydrogen-bond acceptors (Lipinski definition) is 4. The van der Waals surface area contributed by atoms with Gasteiger partial charge in [0.2, 0.25) is 10.0 Å². The predicted molar refractivity (Wildman–Crippen MR) is 111 cm³/mol. The second-order valence-electron chi connectivity index (χ2n) is 9.82. The topological polar surface area (TPSA) is 75.7 Å². The fourth-order valence-electron chi connectivity index (χ4n) is 5.82. The first kappa shape index (κ1) is 20.8. The van der Waals surface area contributed by atoms with Gasteiger partial charge in [-0.3, -0.25) is 4.79 Å². The van der Waals surface area contributed by atoms with Crippen LogP contribution in [0.25, 0.3) is 0 Å². The first-order valence-corrected chi connectivity index (χ1v) is 12.0. The highest BCUT2D eigenvalue weighted by atomic mass is 32.2. The Bertz CT molecular complexity index is 916. The van der Waals surface area contributed by atoms with Crippen LogP contribution < -0.4 is 5.32 Å². The van der Waals surface area contributed by atoms with E-state index in [0.717, 1.165) is 12.8 Å². The van der Waals surface area contributed by atoms with Crippen molar-refractivity contribution in [1.29, 1.82) is 0 Å². The SMILES string of the molecule is Cc1ccc(C(=O)N[C@@H]2C(C)(C)[C@H]3CC[C@]2(C)C3)cc1S(=O)(=O)N1CCOCC1. The molecule has 1 heterocycles. The number of amides is 1. The molecule has 2 bridgehead atoms. The van der Waals surface area contributed by atoms with Crippen LogP contribution in [-0.2, 0) is 14.8 Å². The fraction of sp³-hybridized carbons (Fsp3) is 0.682. The Morgan fingerprint density at radius 3 is 2.52 bits per heavy atom. The van der Waals surface area contributed by atoms with Gasteiger partial charge in [0, 0.05) is 24.7 Å².